The minimum absolute atomic E-state index is 0.343. The van der Waals surface area contributed by atoms with Crippen LogP contribution in [-0.4, -0.2) is 11.7 Å². The summed E-state index contributed by atoms with van der Waals surface area (Å²) >= 11 is 3.44. The summed E-state index contributed by atoms with van der Waals surface area (Å²) in [6.07, 6.45) is 1.64. The fraction of sp³-hybridized carbons (Fsp3) is 0.333. The molecule has 0 bridgehead atoms. The van der Waals surface area contributed by atoms with E-state index in [0.717, 1.165) is 22.9 Å². The maximum Gasteiger partial charge on any atom is 0.0942 e. The molecule has 3 rings (SSSR count). The minimum Gasteiger partial charge on any atom is -0.385 e. The van der Waals surface area contributed by atoms with E-state index in [2.05, 4.69) is 40.2 Å². The Bertz CT molecular complexity index is 624. The van der Waals surface area contributed by atoms with E-state index in [1.54, 1.807) is 0 Å². The Hall–Kier alpha value is -1.16. The Balaban J connectivity index is 2.02. The van der Waals surface area contributed by atoms with Gasteiger partial charge >= 0.3 is 0 Å². The molecule has 2 aromatic carbocycles. The normalized spacial score (nSPS) is 19.0. The summed E-state index contributed by atoms with van der Waals surface area (Å²) in [5.41, 5.74) is 8.36. The molecule has 1 aliphatic carbocycles. The number of fused-ring (bicyclic) bond motifs is 1. The Morgan fingerprint density at radius 1 is 1.10 bits per heavy atom. The molecule has 0 amide bonds. The van der Waals surface area contributed by atoms with Crippen molar-refractivity contribution in [3.8, 4) is 0 Å². The molecule has 1 unspecified atom stereocenters. The predicted octanol–water partition coefficient (Wildman–Crippen LogP) is 3.40. The third-order valence-corrected chi connectivity index (χ3v) is 5.53. The van der Waals surface area contributed by atoms with Gasteiger partial charge in [0.15, 0.2) is 0 Å². The summed E-state index contributed by atoms with van der Waals surface area (Å²) in [5, 5.41) is 11.3. The second-order valence-electron chi connectivity index (χ2n) is 6.19. The van der Waals surface area contributed by atoms with E-state index >= 15 is 0 Å². The van der Waals surface area contributed by atoms with Crippen molar-refractivity contribution >= 4 is 15.9 Å². The van der Waals surface area contributed by atoms with Gasteiger partial charge in [0.1, 0.15) is 0 Å². The molecular weight excluding hydrogens is 326 g/mol. The number of hydrogen-bond donors (Lipinski definition) is 2. The lowest BCUT2D eigenvalue weighted by Crippen LogP contribution is -2.49. The lowest BCUT2D eigenvalue weighted by Gasteiger charge is -2.42. The molecule has 0 saturated carbocycles. The van der Waals surface area contributed by atoms with Crippen LogP contribution in [0.4, 0.5) is 0 Å². The van der Waals surface area contributed by atoms with Crippen molar-refractivity contribution in [1.82, 2.24) is 0 Å². The monoisotopic (exact) mass is 345 g/mol. The minimum atomic E-state index is -0.957. The SMILES string of the molecule is CC(O)(c1ccc(Br)cc1)C1(CN)Cc2ccccc2C1. The van der Waals surface area contributed by atoms with Crippen LogP contribution in [0, 0.1) is 5.41 Å². The summed E-state index contributed by atoms with van der Waals surface area (Å²) < 4.78 is 1.01. The number of nitrogens with two attached hydrogens (primary N) is 1. The zero-order chi connectivity index (χ0) is 15.1. The molecule has 1 atom stereocenters. The van der Waals surface area contributed by atoms with Crippen LogP contribution in [0.1, 0.15) is 23.6 Å². The van der Waals surface area contributed by atoms with Gasteiger partial charge < -0.3 is 10.8 Å². The molecule has 0 radical (unpaired) electrons. The van der Waals surface area contributed by atoms with Gasteiger partial charge in [-0.05, 0) is 48.6 Å². The second-order valence-corrected chi connectivity index (χ2v) is 7.10. The molecule has 21 heavy (non-hydrogen) atoms. The summed E-state index contributed by atoms with van der Waals surface area (Å²) in [6, 6.07) is 16.3. The topological polar surface area (TPSA) is 46.2 Å². The molecule has 1 aliphatic rings. The number of hydrogen-bond acceptors (Lipinski definition) is 2. The van der Waals surface area contributed by atoms with Crippen LogP contribution in [0.5, 0.6) is 0 Å². The molecule has 2 aromatic rings. The maximum absolute atomic E-state index is 11.3. The molecule has 3 N–H and O–H groups in total. The molecule has 0 saturated heterocycles. The van der Waals surface area contributed by atoms with Crippen molar-refractivity contribution in [3.05, 3.63) is 69.7 Å². The van der Waals surface area contributed by atoms with E-state index in [-0.39, 0.29) is 5.41 Å². The first-order valence-corrected chi connectivity index (χ1v) is 8.03. The zero-order valence-electron chi connectivity index (χ0n) is 12.1. The molecule has 0 aromatic heterocycles. The lowest BCUT2D eigenvalue weighted by atomic mass is 9.67. The molecule has 0 heterocycles. The highest BCUT2D eigenvalue weighted by molar-refractivity contribution is 9.10. The molecular formula is C18H20BrNO. The first-order valence-electron chi connectivity index (χ1n) is 7.24. The number of aliphatic hydroxyl groups is 1. The third kappa shape index (κ3) is 2.33. The first kappa shape index (κ1) is 14.8. The van der Waals surface area contributed by atoms with Gasteiger partial charge in [0, 0.05) is 16.4 Å². The van der Waals surface area contributed by atoms with Gasteiger partial charge in [0.25, 0.3) is 0 Å². The summed E-state index contributed by atoms with van der Waals surface area (Å²) in [6.45, 7) is 2.36. The second kappa shape index (κ2) is 5.24. The van der Waals surface area contributed by atoms with Crippen molar-refractivity contribution in [2.75, 3.05) is 6.54 Å². The van der Waals surface area contributed by atoms with E-state index in [1.165, 1.54) is 11.1 Å². The Morgan fingerprint density at radius 3 is 2.10 bits per heavy atom. The Morgan fingerprint density at radius 2 is 1.62 bits per heavy atom. The highest BCUT2D eigenvalue weighted by Gasteiger charge is 2.50. The van der Waals surface area contributed by atoms with E-state index in [9.17, 15) is 5.11 Å². The van der Waals surface area contributed by atoms with Gasteiger partial charge in [0.2, 0.25) is 0 Å². The zero-order valence-corrected chi connectivity index (χ0v) is 13.7. The van der Waals surface area contributed by atoms with Crippen molar-refractivity contribution in [2.45, 2.75) is 25.4 Å². The van der Waals surface area contributed by atoms with Gasteiger partial charge in [-0.3, -0.25) is 0 Å². The average molecular weight is 346 g/mol. The molecule has 110 valence electrons. The number of rotatable bonds is 3. The molecule has 2 nitrogen and oxygen atoms in total. The van der Waals surface area contributed by atoms with Gasteiger partial charge in [-0.2, -0.15) is 0 Å². The summed E-state index contributed by atoms with van der Waals surface area (Å²) in [5.74, 6) is 0. The summed E-state index contributed by atoms with van der Waals surface area (Å²) in [7, 11) is 0. The predicted molar refractivity (Wildman–Crippen MR) is 89.1 cm³/mol. The van der Waals surface area contributed by atoms with Crippen LogP contribution in [0.25, 0.3) is 0 Å². The summed E-state index contributed by atoms with van der Waals surface area (Å²) in [4.78, 5) is 0. The highest BCUT2D eigenvalue weighted by Crippen LogP contribution is 2.48. The fourth-order valence-corrected chi connectivity index (χ4v) is 3.73. The maximum atomic E-state index is 11.3. The standard InChI is InChI=1S/C18H20BrNO/c1-17(21,15-6-8-16(19)9-7-15)18(12-20)10-13-4-2-3-5-14(13)11-18/h2-9,21H,10-12,20H2,1H3. The lowest BCUT2D eigenvalue weighted by molar-refractivity contribution is -0.0675. The number of benzene rings is 2. The van der Waals surface area contributed by atoms with E-state index < -0.39 is 5.60 Å². The number of halogens is 1. The van der Waals surface area contributed by atoms with Crippen LogP contribution >= 0.6 is 15.9 Å². The first-order chi connectivity index (χ1) is 9.98. The van der Waals surface area contributed by atoms with Gasteiger partial charge in [-0.25, -0.2) is 0 Å². The molecule has 0 fully saturated rings. The van der Waals surface area contributed by atoms with Crippen molar-refractivity contribution in [1.29, 1.82) is 0 Å². The largest absolute Gasteiger partial charge is 0.385 e. The molecule has 0 spiro atoms. The third-order valence-electron chi connectivity index (χ3n) is 5.01. The van der Waals surface area contributed by atoms with Crippen molar-refractivity contribution in [3.63, 3.8) is 0 Å². The smallest absolute Gasteiger partial charge is 0.0942 e. The fourth-order valence-electron chi connectivity index (χ4n) is 3.46. The van der Waals surface area contributed by atoms with Gasteiger partial charge in [-0.15, -0.1) is 0 Å². The van der Waals surface area contributed by atoms with Crippen LogP contribution in [-0.2, 0) is 18.4 Å². The Kier molecular flexibility index (Phi) is 3.68. The van der Waals surface area contributed by atoms with Crippen LogP contribution < -0.4 is 5.73 Å². The van der Waals surface area contributed by atoms with Crippen molar-refractivity contribution in [2.24, 2.45) is 11.1 Å². The van der Waals surface area contributed by atoms with Gasteiger partial charge in [-0.1, -0.05) is 52.3 Å². The van der Waals surface area contributed by atoms with E-state index in [4.69, 9.17) is 5.73 Å². The highest BCUT2D eigenvalue weighted by atomic mass is 79.9. The quantitative estimate of drug-likeness (QED) is 0.895. The molecule has 3 heteroatoms. The van der Waals surface area contributed by atoms with Crippen LogP contribution in [0.15, 0.2) is 53.0 Å². The van der Waals surface area contributed by atoms with E-state index in [0.29, 0.717) is 6.54 Å². The van der Waals surface area contributed by atoms with Crippen LogP contribution in [0.2, 0.25) is 0 Å². The molecule has 0 aliphatic heterocycles. The van der Waals surface area contributed by atoms with E-state index in [1.807, 2.05) is 31.2 Å². The van der Waals surface area contributed by atoms with Gasteiger partial charge in [0.05, 0.1) is 5.60 Å². The Labute approximate surface area is 134 Å². The van der Waals surface area contributed by atoms with Crippen molar-refractivity contribution < 1.29 is 5.11 Å². The average Bonchev–Trinajstić information content (AvgIpc) is 2.88. The van der Waals surface area contributed by atoms with Crippen LogP contribution in [0.3, 0.4) is 0 Å².